The molecule has 0 heterocycles. The van der Waals surface area contributed by atoms with Crippen LogP contribution in [-0.2, 0) is 21.2 Å². The fraction of sp³-hybridized carbons (Fsp3) is 0.316. The van der Waals surface area contributed by atoms with Crippen LogP contribution in [0.4, 0.5) is 5.69 Å². The number of hydrogen-bond acceptors (Lipinski definition) is 3. The van der Waals surface area contributed by atoms with Crippen molar-refractivity contribution in [1.29, 1.82) is 0 Å². The predicted molar refractivity (Wildman–Crippen MR) is 111 cm³/mol. The summed E-state index contributed by atoms with van der Waals surface area (Å²) in [6.45, 7) is 1.98. The molecular formula is C19H22Cl2N2O3S. The number of carbonyl (C=O) groups is 1. The number of anilines is 1. The van der Waals surface area contributed by atoms with Crippen LogP contribution in [0.1, 0.15) is 18.9 Å². The Morgan fingerprint density at radius 1 is 1.11 bits per heavy atom. The van der Waals surface area contributed by atoms with Crippen molar-refractivity contribution in [2.45, 2.75) is 25.8 Å². The van der Waals surface area contributed by atoms with E-state index in [-0.39, 0.29) is 5.91 Å². The van der Waals surface area contributed by atoms with Gasteiger partial charge in [-0.1, -0.05) is 41.4 Å². The molecule has 146 valence electrons. The number of sulfonamides is 1. The number of aryl methyl sites for hydroxylation is 1. The summed E-state index contributed by atoms with van der Waals surface area (Å²) in [4.78, 5) is 12.5. The molecule has 0 saturated carbocycles. The molecule has 8 heteroatoms. The highest BCUT2D eigenvalue weighted by Gasteiger charge is 2.28. The Morgan fingerprint density at radius 2 is 1.74 bits per heavy atom. The highest BCUT2D eigenvalue weighted by Crippen LogP contribution is 2.23. The van der Waals surface area contributed by atoms with Gasteiger partial charge in [-0.15, -0.1) is 0 Å². The van der Waals surface area contributed by atoms with E-state index in [0.29, 0.717) is 28.7 Å². The molecular weight excluding hydrogens is 407 g/mol. The molecule has 0 radical (unpaired) electrons. The van der Waals surface area contributed by atoms with Crippen molar-refractivity contribution in [3.63, 3.8) is 0 Å². The molecule has 1 atom stereocenters. The summed E-state index contributed by atoms with van der Waals surface area (Å²) in [5, 5.41) is 3.98. The van der Waals surface area contributed by atoms with Gasteiger partial charge in [0.25, 0.3) is 0 Å². The largest absolute Gasteiger partial charge is 0.354 e. The van der Waals surface area contributed by atoms with Crippen molar-refractivity contribution in [3.05, 3.63) is 64.1 Å². The minimum absolute atomic E-state index is 0.366. The molecule has 0 aliphatic rings. The molecule has 27 heavy (non-hydrogen) atoms. The van der Waals surface area contributed by atoms with E-state index in [1.54, 1.807) is 31.2 Å². The maximum atomic E-state index is 12.5. The smallest absolute Gasteiger partial charge is 0.243 e. The van der Waals surface area contributed by atoms with Crippen molar-refractivity contribution in [3.8, 4) is 0 Å². The molecule has 0 saturated heterocycles. The summed E-state index contributed by atoms with van der Waals surface area (Å²) >= 11 is 12.0. The third-order valence-electron chi connectivity index (χ3n) is 4.05. The molecule has 0 aliphatic carbocycles. The van der Waals surface area contributed by atoms with E-state index in [0.717, 1.165) is 22.5 Å². The third-order valence-corrected chi connectivity index (χ3v) is 5.91. The van der Waals surface area contributed by atoms with Crippen LogP contribution in [0.15, 0.2) is 48.5 Å². The van der Waals surface area contributed by atoms with Gasteiger partial charge >= 0.3 is 0 Å². The van der Waals surface area contributed by atoms with Crippen molar-refractivity contribution in [1.82, 2.24) is 5.32 Å². The Labute approximate surface area is 170 Å². The zero-order valence-corrected chi connectivity index (χ0v) is 17.5. The quantitative estimate of drug-likeness (QED) is 0.648. The number of benzene rings is 2. The van der Waals surface area contributed by atoms with Crippen molar-refractivity contribution >= 4 is 44.8 Å². The van der Waals surface area contributed by atoms with Crippen molar-refractivity contribution < 1.29 is 13.2 Å². The predicted octanol–water partition coefficient (Wildman–Crippen LogP) is 3.90. The van der Waals surface area contributed by atoms with Crippen molar-refractivity contribution in [2.75, 3.05) is 17.1 Å². The second-order valence-electron chi connectivity index (χ2n) is 6.20. The molecule has 0 bridgehead atoms. The average Bonchev–Trinajstić information content (AvgIpc) is 2.60. The Balaban J connectivity index is 1.98. The van der Waals surface area contributed by atoms with Crippen LogP contribution in [0.25, 0.3) is 0 Å². The minimum Gasteiger partial charge on any atom is -0.354 e. The first-order valence-corrected chi connectivity index (χ1v) is 11.1. The lowest BCUT2D eigenvalue weighted by atomic mass is 10.1. The van der Waals surface area contributed by atoms with Crippen molar-refractivity contribution in [2.24, 2.45) is 0 Å². The zero-order chi connectivity index (χ0) is 20.0. The van der Waals surface area contributed by atoms with E-state index >= 15 is 0 Å². The molecule has 1 N–H and O–H groups in total. The number of carbonyl (C=O) groups excluding carboxylic acids is 1. The molecule has 0 aromatic heterocycles. The number of amides is 1. The van der Waals surface area contributed by atoms with Gasteiger partial charge in [0.1, 0.15) is 6.04 Å². The van der Waals surface area contributed by atoms with Crippen LogP contribution < -0.4 is 9.62 Å². The van der Waals surface area contributed by atoms with Gasteiger partial charge in [0, 0.05) is 16.6 Å². The minimum atomic E-state index is -3.64. The van der Waals surface area contributed by atoms with E-state index in [1.807, 2.05) is 24.3 Å². The van der Waals surface area contributed by atoms with Crippen LogP contribution >= 0.6 is 23.2 Å². The summed E-state index contributed by atoms with van der Waals surface area (Å²) in [6, 6.07) is 13.0. The van der Waals surface area contributed by atoms with Gasteiger partial charge in [0.2, 0.25) is 15.9 Å². The topological polar surface area (TPSA) is 66.5 Å². The normalized spacial score (nSPS) is 12.4. The summed E-state index contributed by atoms with van der Waals surface area (Å²) in [7, 11) is -3.64. The summed E-state index contributed by atoms with van der Waals surface area (Å²) in [5.74, 6) is -0.366. The molecule has 2 rings (SSSR count). The standard InChI is InChI=1S/C19H22Cl2N2O3S/c1-14(23(27(2,25)26)17-11-9-16(20)10-12-17)19(24)22-13-5-7-15-6-3-4-8-18(15)21/h3-4,6,8-12,14H,5,7,13H2,1-2H3,(H,22,24)/t14-/m1/s1. The number of nitrogens with one attached hydrogen (secondary N) is 1. The number of rotatable bonds is 8. The molecule has 2 aromatic rings. The van der Waals surface area contributed by atoms with Gasteiger partial charge in [-0.05, 0) is 55.7 Å². The van der Waals surface area contributed by atoms with Crippen LogP contribution in [0.2, 0.25) is 10.0 Å². The maximum Gasteiger partial charge on any atom is 0.243 e. The lowest BCUT2D eigenvalue weighted by Crippen LogP contribution is -2.48. The Hall–Kier alpha value is -1.76. The van der Waals surface area contributed by atoms with E-state index in [2.05, 4.69) is 5.32 Å². The fourth-order valence-corrected chi connectivity index (χ4v) is 4.27. The SMILES string of the molecule is C[C@H](C(=O)NCCCc1ccccc1Cl)N(c1ccc(Cl)cc1)S(C)(=O)=O. The highest BCUT2D eigenvalue weighted by molar-refractivity contribution is 7.92. The van der Waals surface area contributed by atoms with Crippen LogP contribution in [0.3, 0.4) is 0 Å². The van der Waals surface area contributed by atoms with Gasteiger partial charge in [-0.25, -0.2) is 8.42 Å². The monoisotopic (exact) mass is 428 g/mol. The van der Waals surface area contributed by atoms with Crippen LogP contribution in [0, 0.1) is 0 Å². The zero-order valence-electron chi connectivity index (χ0n) is 15.2. The molecule has 0 unspecified atom stereocenters. The van der Waals surface area contributed by atoms with E-state index in [9.17, 15) is 13.2 Å². The van der Waals surface area contributed by atoms with Gasteiger partial charge in [-0.2, -0.15) is 0 Å². The number of hydrogen-bond donors (Lipinski definition) is 1. The van der Waals surface area contributed by atoms with E-state index in [1.165, 1.54) is 0 Å². The molecule has 5 nitrogen and oxygen atoms in total. The Bertz CT molecular complexity index is 886. The number of nitrogens with zero attached hydrogens (tertiary/aromatic N) is 1. The molecule has 2 aromatic carbocycles. The lowest BCUT2D eigenvalue weighted by molar-refractivity contribution is -0.121. The first-order chi connectivity index (χ1) is 12.7. The first kappa shape index (κ1) is 21.5. The molecule has 0 aliphatic heterocycles. The average molecular weight is 429 g/mol. The van der Waals surface area contributed by atoms with Crippen LogP contribution in [0.5, 0.6) is 0 Å². The first-order valence-electron chi connectivity index (χ1n) is 8.46. The molecule has 0 spiro atoms. The summed E-state index contributed by atoms with van der Waals surface area (Å²) in [5.41, 5.74) is 1.40. The van der Waals surface area contributed by atoms with Gasteiger partial charge in [-0.3, -0.25) is 9.10 Å². The lowest BCUT2D eigenvalue weighted by Gasteiger charge is -2.28. The molecule has 1 amide bonds. The third kappa shape index (κ3) is 6.13. The summed E-state index contributed by atoms with van der Waals surface area (Å²) in [6.07, 6.45) is 2.49. The second-order valence-corrected chi connectivity index (χ2v) is 8.90. The molecule has 0 fully saturated rings. The van der Waals surface area contributed by atoms with Gasteiger partial charge < -0.3 is 5.32 Å². The Kier molecular flexibility index (Phi) is 7.53. The fourth-order valence-electron chi connectivity index (χ4n) is 2.74. The highest BCUT2D eigenvalue weighted by atomic mass is 35.5. The summed E-state index contributed by atoms with van der Waals surface area (Å²) < 4.78 is 25.5. The Morgan fingerprint density at radius 3 is 2.33 bits per heavy atom. The van der Waals surface area contributed by atoms with Gasteiger partial charge in [0.05, 0.1) is 11.9 Å². The van der Waals surface area contributed by atoms with E-state index in [4.69, 9.17) is 23.2 Å². The van der Waals surface area contributed by atoms with Crippen LogP contribution in [-0.4, -0.2) is 33.2 Å². The maximum absolute atomic E-state index is 12.5. The second kappa shape index (κ2) is 9.44. The number of halogens is 2. The van der Waals surface area contributed by atoms with E-state index < -0.39 is 16.1 Å². The van der Waals surface area contributed by atoms with Gasteiger partial charge in [0.15, 0.2) is 0 Å².